The zero-order valence-corrected chi connectivity index (χ0v) is 15.8. The molecule has 25 heavy (non-hydrogen) atoms. The molecule has 1 aliphatic rings. The van der Waals surface area contributed by atoms with Crippen LogP contribution in [0.4, 0.5) is 4.79 Å². The van der Waals surface area contributed by atoms with Crippen molar-refractivity contribution in [1.82, 2.24) is 25.0 Å². The van der Waals surface area contributed by atoms with Gasteiger partial charge < -0.3 is 10.2 Å². The van der Waals surface area contributed by atoms with Gasteiger partial charge in [0.25, 0.3) is 0 Å². The van der Waals surface area contributed by atoms with E-state index in [4.69, 9.17) is 0 Å². The van der Waals surface area contributed by atoms with Crippen molar-refractivity contribution in [1.29, 1.82) is 0 Å². The van der Waals surface area contributed by atoms with E-state index in [0.717, 1.165) is 49.6 Å². The number of rotatable bonds is 6. The number of thiazole rings is 1. The van der Waals surface area contributed by atoms with Gasteiger partial charge in [0, 0.05) is 55.6 Å². The van der Waals surface area contributed by atoms with E-state index in [9.17, 15) is 4.79 Å². The van der Waals surface area contributed by atoms with Crippen LogP contribution in [-0.2, 0) is 6.54 Å². The highest BCUT2D eigenvalue weighted by atomic mass is 32.1. The number of nitrogens with one attached hydrogen (secondary N) is 1. The SMILES string of the molecule is Cc1csc([C@H](C)CNC(=O)N2CCC(CCn3cccn3)CC2)n1. The molecule has 1 atom stereocenters. The number of aromatic nitrogens is 3. The molecule has 0 spiro atoms. The predicted molar refractivity (Wildman–Crippen MR) is 99.8 cm³/mol. The summed E-state index contributed by atoms with van der Waals surface area (Å²) < 4.78 is 1.99. The van der Waals surface area contributed by atoms with Gasteiger partial charge in [-0.2, -0.15) is 5.10 Å². The summed E-state index contributed by atoms with van der Waals surface area (Å²) in [5.41, 5.74) is 1.05. The standard InChI is InChI=1S/C18H27N5OS/c1-14(17-21-15(2)13-25-17)12-19-18(24)22-9-4-16(5-10-22)6-11-23-8-3-7-20-23/h3,7-8,13-14,16H,4-6,9-12H2,1-2H3,(H,19,24)/t14-/m1/s1. The summed E-state index contributed by atoms with van der Waals surface area (Å²) in [4.78, 5) is 18.8. The lowest BCUT2D eigenvalue weighted by molar-refractivity contribution is 0.166. The van der Waals surface area contributed by atoms with E-state index in [0.29, 0.717) is 12.5 Å². The summed E-state index contributed by atoms with van der Waals surface area (Å²) in [6, 6.07) is 2.02. The monoisotopic (exact) mass is 361 g/mol. The fourth-order valence-electron chi connectivity index (χ4n) is 3.21. The molecule has 2 amide bonds. The van der Waals surface area contributed by atoms with Crippen LogP contribution in [0.2, 0.25) is 0 Å². The van der Waals surface area contributed by atoms with Gasteiger partial charge >= 0.3 is 6.03 Å². The molecule has 0 aliphatic carbocycles. The Labute approximate surface area is 153 Å². The normalized spacial score (nSPS) is 16.8. The maximum Gasteiger partial charge on any atom is 0.317 e. The van der Waals surface area contributed by atoms with Crippen LogP contribution in [0.1, 0.15) is 42.8 Å². The number of nitrogens with zero attached hydrogens (tertiary/aromatic N) is 4. The highest BCUT2D eigenvalue weighted by molar-refractivity contribution is 7.09. The molecule has 2 aromatic rings. The van der Waals surface area contributed by atoms with Crippen LogP contribution in [0.3, 0.4) is 0 Å². The zero-order valence-electron chi connectivity index (χ0n) is 15.0. The Morgan fingerprint density at radius 2 is 2.24 bits per heavy atom. The number of carbonyl (C=O) groups is 1. The maximum atomic E-state index is 12.4. The summed E-state index contributed by atoms with van der Waals surface area (Å²) in [5.74, 6) is 0.944. The number of amides is 2. The van der Waals surface area contributed by atoms with Crippen LogP contribution in [0.25, 0.3) is 0 Å². The molecular weight excluding hydrogens is 334 g/mol. The molecule has 1 fully saturated rings. The Morgan fingerprint density at radius 1 is 1.44 bits per heavy atom. The van der Waals surface area contributed by atoms with Crippen LogP contribution in [0, 0.1) is 12.8 Å². The van der Waals surface area contributed by atoms with E-state index < -0.39 is 0 Å². The topological polar surface area (TPSA) is 63.1 Å². The number of piperidine rings is 1. The summed E-state index contributed by atoms with van der Waals surface area (Å²) in [6.07, 6.45) is 7.12. The summed E-state index contributed by atoms with van der Waals surface area (Å²) >= 11 is 1.67. The smallest absolute Gasteiger partial charge is 0.317 e. The first-order valence-electron chi connectivity index (χ1n) is 9.04. The second kappa shape index (κ2) is 8.47. The molecule has 0 radical (unpaired) electrons. The second-order valence-electron chi connectivity index (χ2n) is 6.90. The van der Waals surface area contributed by atoms with Crippen LogP contribution in [-0.4, -0.2) is 45.3 Å². The lowest BCUT2D eigenvalue weighted by Crippen LogP contribution is -2.45. The highest BCUT2D eigenvalue weighted by Crippen LogP contribution is 2.22. The van der Waals surface area contributed by atoms with Crippen LogP contribution < -0.4 is 5.32 Å². The third-order valence-electron chi connectivity index (χ3n) is 4.85. The van der Waals surface area contributed by atoms with Gasteiger partial charge in [-0.3, -0.25) is 4.68 Å². The van der Waals surface area contributed by atoms with Gasteiger partial charge in [-0.05, 0) is 38.2 Å². The summed E-state index contributed by atoms with van der Waals surface area (Å²) in [6.45, 7) is 7.42. The van der Waals surface area contributed by atoms with E-state index >= 15 is 0 Å². The third kappa shape index (κ3) is 5.04. The Kier molecular flexibility index (Phi) is 6.07. The minimum absolute atomic E-state index is 0.0608. The fourth-order valence-corrected chi connectivity index (χ4v) is 4.07. The molecule has 7 heteroatoms. The Balaban J connectivity index is 1.36. The highest BCUT2D eigenvalue weighted by Gasteiger charge is 2.23. The average Bonchev–Trinajstić information content (AvgIpc) is 3.29. The number of urea groups is 1. The second-order valence-corrected chi connectivity index (χ2v) is 7.79. The van der Waals surface area contributed by atoms with Crippen molar-refractivity contribution in [3.05, 3.63) is 34.5 Å². The first kappa shape index (κ1) is 17.9. The molecule has 136 valence electrons. The van der Waals surface area contributed by atoms with Crippen LogP contribution in [0.15, 0.2) is 23.8 Å². The fraction of sp³-hybridized carbons (Fsp3) is 0.611. The summed E-state index contributed by atoms with van der Waals surface area (Å²) in [7, 11) is 0. The zero-order chi connectivity index (χ0) is 17.6. The Morgan fingerprint density at radius 3 is 2.88 bits per heavy atom. The molecular formula is C18H27N5OS. The average molecular weight is 362 g/mol. The first-order chi connectivity index (χ1) is 12.1. The van der Waals surface area contributed by atoms with Gasteiger partial charge in [0.15, 0.2) is 0 Å². The minimum Gasteiger partial charge on any atom is -0.337 e. The molecule has 1 aliphatic heterocycles. The van der Waals surface area contributed by atoms with Crippen molar-refractivity contribution in [2.24, 2.45) is 5.92 Å². The number of likely N-dealkylation sites (tertiary alicyclic amines) is 1. The molecule has 3 heterocycles. The first-order valence-corrected chi connectivity index (χ1v) is 9.92. The number of hydrogen-bond donors (Lipinski definition) is 1. The Bertz CT molecular complexity index is 661. The van der Waals surface area contributed by atoms with Gasteiger partial charge in [-0.25, -0.2) is 9.78 Å². The molecule has 3 rings (SSSR count). The molecule has 0 unspecified atom stereocenters. The van der Waals surface area contributed by atoms with Crippen molar-refractivity contribution < 1.29 is 4.79 Å². The minimum atomic E-state index is 0.0608. The van der Waals surface area contributed by atoms with Crippen LogP contribution >= 0.6 is 11.3 Å². The van der Waals surface area contributed by atoms with Crippen molar-refractivity contribution >= 4 is 17.4 Å². The largest absolute Gasteiger partial charge is 0.337 e. The lowest BCUT2D eigenvalue weighted by Gasteiger charge is -2.32. The van der Waals surface area contributed by atoms with Crippen molar-refractivity contribution in [3.8, 4) is 0 Å². The van der Waals surface area contributed by atoms with Gasteiger partial charge in [0.2, 0.25) is 0 Å². The van der Waals surface area contributed by atoms with Crippen molar-refractivity contribution in [2.75, 3.05) is 19.6 Å². The van der Waals surface area contributed by atoms with Crippen molar-refractivity contribution in [3.63, 3.8) is 0 Å². The van der Waals surface area contributed by atoms with Crippen molar-refractivity contribution in [2.45, 2.75) is 45.6 Å². The quantitative estimate of drug-likeness (QED) is 0.859. The molecule has 1 saturated heterocycles. The molecule has 0 aromatic carbocycles. The summed E-state index contributed by atoms with van der Waals surface area (Å²) in [5, 5.41) is 10.5. The number of carbonyl (C=O) groups excluding carboxylic acids is 1. The van der Waals surface area contributed by atoms with E-state index in [1.807, 2.05) is 35.0 Å². The maximum absolute atomic E-state index is 12.4. The molecule has 0 bridgehead atoms. The Hall–Kier alpha value is -1.89. The van der Waals surface area contributed by atoms with E-state index in [1.54, 1.807) is 11.3 Å². The number of hydrogen-bond acceptors (Lipinski definition) is 4. The lowest BCUT2D eigenvalue weighted by atomic mass is 9.94. The van der Waals surface area contributed by atoms with E-state index in [1.165, 1.54) is 0 Å². The third-order valence-corrected chi connectivity index (χ3v) is 6.04. The predicted octanol–water partition coefficient (Wildman–Crippen LogP) is 3.26. The van der Waals surface area contributed by atoms with Gasteiger partial charge in [0.1, 0.15) is 0 Å². The molecule has 6 nitrogen and oxygen atoms in total. The van der Waals surface area contributed by atoms with Gasteiger partial charge in [-0.1, -0.05) is 6.92 Å². The molecule has 1 N–H and O–H groups in total. The number of aryl methyl sites for hydroxylation is 2. The van der Waals surface area contributed by atoms with Crippen LogP contribution in [0.5, 0.6) is 0 Å². The van der Waals surface area contributed by atoms with E-state index in [2.05, 4.69) is 27.7 Å². The van der Waals surface area contributed by atoms with Gasteiger partial charge in [0.05, 0.1) is 5.01 Å². The van der Waals surface area contributed by atoms with Gasteiger partial charge in [-0.15, -0.1) is 11.3 Å². The molecule has 2 aromatic heterocycles. The molecule has 0 saturated carbocycles. The van der Waals surface area contributed by atoms with E-state index in [-0.39, 0.29) is 11.9 Å².